The predicted molar refractivity (Wildman–Crippen MR) is 110 cm³/mol. The summed E-state index contributed by atoms with van der Waals surface area (Å²) in [6, 6.07) is 15.4. The van der Waals surface area contributed by atoms with Crippen LogP contribution in [0.3, 0.4) is 0 Å². The molecular formula is C20H20IN3O3. The van der Waals surface area contributed by atoms with E-state index in [1.807, 2.05) is 55.5 Å². The van der Waals surface area contributed by atoms with E-state index in [9.17, 15) is 4.79 Å². The monoisotopic (exact) mass is 477 g/mol. The molecular weight excluding hydrogens is 457 g/mol. The fourth-order valence-electron chi connectivity index (χ4n) is 2.58. The van der Waals surface area contributed by atoms with Crippen molar-refractivity contribution in [3.05, 3.63) is 63.6 Å². The van der Waals surface area contributed by atoms with Crippen LogP contribution in [0, 0.1) is 3.57 Å². The highest BCUT2D eigenvalue weighted by Crippen LogP contribution is 2.19. The molecule has 3 rings (SSSR count). The first-order valence-corrected chi connectivity index (χ1v) is 9.65. The lowest BCUT2D eigenvalue weighted by Crippen LogP contribution is -2.26. The maximum Gasteiger partial charge on any atom is 0.227 e. The molecule has 0 saturated carbocycles. The summed E-state index contributed by atoms with van der Waals surface area (Å²) in [5.74, 6) is 1.72. The summed E-state index contributed by atoms with van der Waals surface area (Å²) in [6.45, 7) is 1.95. The van der Waals surface area contributed by atoms with Gasteiger partial charge in [-0.1, -0.05) is 29.4 Å². The molecule has 0 fully saturated rings. The molecule has 0 aliphatic rings. The highest BCUT2D eigenvalue weighted by Gasteiger charge is 2.13. The topological polar surface area (TPSA) is 77.2 Å². The second-order valence-electron chi connectivity index (χ2n) is 6.08. The number of carbonyl (C=O) groups excluding carboxylic acids is 1. The molecule has 7 heteroatoms. The molecule has 2 aromatic carbocycles. The number of hydrogen-bond acceptors (Lipinski definition) is 5. The van der Waals surface area contributed by atoms with Crippen molar-refractivity contribution in [2.24, 2.45) is 0 Å². The molecule has 0 unspecified atom stereocenters. The molecule has 1 heterocycles. The zero-order valence-corrected chi connectivity index (χ0v) is 17.3. The van der Waals surface area contributed by atoms with E-state index in [1.54, 1.807) is 7.11 Å². The van der Waals surface area contributed by atoms with Gasteiger partial charge in [0.1, 0.15) is 5.75 Å². The van der Waals surface area contributed by atoms with E-state index in [1.165, 1.54) is 0 Å². The third-order valence-corrected chi connectivity index (χ3v) is 4.85. The number of halogens is 1. The smallest absolute Gasteiger partial charge is 0.227 e. The number of methoxy groups -OCH3 is 1. The van der Waals surface area contributed by atoms with Gasteiger partial charge in [0.15, 0.2) is 0 Å². The van der Waals surface area contributed by atoms with Crippen LogP contribution < -0.4 is 10.1 Å². The highest BCUT2D eigenvalue weighted by atomic mass is 127. The average molecular weight is 477 g/mol. The van der Waals surface area contributed by atoms with Crippen molar-refractivity contribution in [3.8, 4) is 17.1 Å². The molecule has 0 spiro atoms. The van der Waals surface area contributed by atoms with E-state index in [0.29, 0.717) is 18.1 Å². The van der Waals surface area contributed by atoms with Crippen LogP contribution in [-0.4, -0.2) is 23.2 Å². The lowest BCUT2D eigenvalue weighted by atomic mass is 10.1. The van der Waals surface area contributed by atoms with Gasteiger partial charge in [-0.25, -0.2) is 0 Å². The normalized spacial score (nSPS) is 11.8. The minimum Gasteiger partial charge on any atom is -0.497 e. The van der Waals surface area contributed by atoms with Gasteiger partial charge in [-0.3, -0.25) is 4.79 Å². The second-order valence-corrected chi connectivity index (χ2v) is 7.33. The van der Waals surface area contributed by atoms with Gasteiger partial charge in [0, 0.05) is 22.0 Å². The molecule has 0 aliphatic carbocycles. The summed E-state index contributed by atoms with van der Waals surface area (Å²) in [5.41, 5.74) is 1.91. The number of benzene rings is 2. The summed E-state index contributed by atoms with van der Waals surface area (Å²) < 4.78 is 11.5. The maximum atomic E-state index is 12.2. The van der Waals surface area contributed by atoms with Gasteiger partial charge >= 0.3 is 0 Å². The van der Waals surface area contributed by atoms with Crippen molar-refractivity contribution in [2.75, 3.05) is 7.11 Å². The molecule has 0 radical (unpaired) electrons. The Morgan fingerprint density at radius 1 is 1.19 bits per heavy atom. The number of nitrogens with one attached hydrogen (secondary N) is 1. The van der Waals surface area contributed by atoms with Crippen LogP contribution in [-0.2, 0) is 11.2 Å². The lowest BCUT2D eigenvalue weighted by molar-refractivity contribution is -0.121. The fourth-order valence-corrected chi connectivity index (χ4v) is 2.94. The zero-order chi connectivity index (χ0) is 19.2. The minimum atomic E-state index is -0.0894. The summed E-state index contributed by atoms with van der Waals surface area (Å²) in [6.07, 6.45) is 0.688. The van der Waals surface area contributed by atoms with Crippen LogP contribution in [0.4, 0.5) is 0 Å². The summed E-state index contributed by atoms with van der Waals surface area (Å²) in [5, 5.41) is 6.96. The molecule has 6 nitrogen and oxygen atoms in total. The van der Waals surface area contributed by atoms with Gasteiger partial charge in [-0.15, -0.1) is 0 Å². The van der Waals surface area contributed by atoms with E-state index in [4.69, 9.17) is 9.26 Å². The molecule has 1 N–H and O–H groups in total. The standard InChI is InChI=1S/C20H20IN3O3/c1-13(14-5-9-17(26-2)10-6-14)22-18(25)11-12-19-23-20(24-27-19)15-3-7-16(21)8-4-15/h3-10,13H,11-12H2,1-2H3,(H,22,25)/t13-/m0/s1. The summed E-state index contributed by atoms with van der Waals surface area (Å²) in [4.78, 5) is 16.6. The van der Waals surface area contributed by atoms with E-state index in [2.05, 4.69) is 38.0 Å². The Balaban J connectivity index is 1.52. The van der Waals surface area contributed by atoms with Crippen molar-refractivity contribution in [1.29, 1.82) is 0 Å². The molecule has 27 heavy (non-hydrogen) atoms. The SMILES string of the molecule is COc1ccc([C@H](C)NC(=O)CCc2nc(-c3ccc(I)cc3)no2)cc1. The highest BCUT2D eigenvalue weighted by molar-refractivity contribution is 14.1. The van der Waals surface area contributed by atoms with E-state index in [-0.39, 0.29) is 18.4 Å². The Morgan fingerprint density at radius 3 is 2.56 bits per heavy atom. The van der Waals surface area contributed by atoms with Gasteiger partial charge in [0.25, 0.3) is 0 Å². The van der Waals surface area contributed by atoms with Crippen LogP contribution in [0.15, 0.2) is 53.1 Å². The van der Waals surface area contributed by atoms with Crippen LogP contribution in [0.5, 0.6) is 5.75 Å². The van der Waals surface area contributed by atoms with Gasteiger partial charge < -0.3 is 14.6 Å². The van der Waals surface area contributed by atoms with Crippen LogP contribution in [0.1, 0.15) is 30.8 Å². The Labute approximate surface area is 171 Å². The van der Waals surface area contributed by atoms with Gasteiger partial charge in [0.05, 0.1) is 13.2 Å². The van der Waals surface area contributed by atoms with E-state index >= 15 is 0 Å². The molecule has 3 aromatic rings. The second kappa shape index (κ2) is 8.98. The van der Waals surface area contributed by atoms with Crippen LogP contribution in [0.2, 0.25) is 0 Å². The van der Waals surface area contributed by atoms with Crippen LogP contribution in [0.25, 0.3) is 11.4 Å². The molecule has 1 aromatic heterocycles. The van der Waals surface area contributed by atoms with Gasteiger partial charge in [-0.05, 0) is 59.3 Å². The number of aromatic nitrogens is 2. The fraction of sp³-hybridized carbons (Fsp3) is 0.250. The number of ether oxygens (including phenoxy) is 1. The minimum absolute atomic E-state index is 0.0627. The number of aryl methyl sites for hydroxylation is 1. The van der Waals surface area contributed by atoms with Crippen LogP contribution >= 0.6 is 22.6 Å². The molecule has 140 valence electrons. The first kappa shape index (κ1) is 19.3. The summed E-state index contributed by atoms with van der Waals surface area (Å²) in [7, 11) is 1.63. The Bertz CT molecular complexity index is 892. The van der Waals surface area contributed by atoms with Crippen molar-refractivity contribution in [3.63, 3.8) is 0 Å². The Hall–Kier alpha value is -2.42. The molecule has 0 aliphatic heterocycles. The van der Waals surface area contributed by atoms with Gasteiger partial charge in [0.2, 0.25) is 17.6 Å². The maximum absolute atomic E-state index is 12.2. The quantitative estimate of drug-likeness (QED) is 0.518. The lowest BCUT2D eigenvalue weighted by Gasteiger charge is -2.14. The average Bonchev–Trinajstić information content (AvgIpc) is 3.16. The van der Waals surface area contributed by atoms with Gasteiger partial charge in [-0.2, -0.15) is 4.98 Å². The number of carbonyl (C=O) groups is 1. The van der Waals surface area contributed by atoms with E-state index in [0.717, 1.165) is 20.4 Å². The number of hydrogen-bond donors (Lipinski definition) is 1. The molecule has 0 bridgehead atoms. The van der Waals surface area contributed by atoms with Crippen molar-refractivity contribution >= 4 is 28.5 Å². The zero-order valence-electron chi connectivity index (χ0n) is 15.1. The Kier molecular flexibility index (Phi) is 6.44. The first-order chi connectivity index (χ1) is 13.0. The van der Waals surface area contributed by atoms with Crippen molar-refractivity contribution in [2.45, 2.75) is 25.8 Å². The van der Waals surface area contributed by atoms with E-state index < -0.39 is 0 Å². The number of rotatable bonds is 7. The third kappa shape index (κ3) is 5.29. The van der Waals surface area contributed by atoms with Crippen molar-refractivity contribution in [1.82, 2.24) is 15.5 Å². The van der Waals surface area contributed by atoms with Crippen molar-refractivity contribution < 1.29 is 14.1 Å². The predicted octanol–water partition coefficient (Wildman–Crippen LogP) is 4.16. The Morgan fingerprint density at radius 2 is 1.89 bits per heavy atom. The number of nitrogens with zero attached hydrogens (tertiary/aromatic N) is 2. The summed E-state index contributed by atoms with van der Waals surface area (Å²) >= 11 is 2.24. The largest absolute Gasteiger partial charge is 0.497 e. The third-order valence-electron chi connectivity index (χ3n) is 4.13. The first-order valence-electron chi connectivity index (χ1n) is 8.57. The molecule has 1 amide bonds. The molecule has 1 atom stereocenters. The number of amides is 1. The molecule has 0 saturated heterocycles.